The number of benzene rings is 1. The van der Waals surface area contributed by atoms with E-state index in [1.165, 1.54) is 0 Å². The first-order chi connectivity index (χ1) is 14.5. The molecule has 7 heteroatoms. The Hall–Kier alpha value is -3.27. The predicted octanol–water partition coefficient (Wildman–Crippen LogP) is 4.04. The van der Waals surface area contributed by atoms with E-state index in [-0.39, 0.29) is 19.1 Å². The van der Waals surface area contributed by atoms with Crippen molar-refractivity contribution in [3.05, 3.63) is 47.2 Å². The summed E-state index contributed by atoms with van der Waals surface area (Å²) in [4.78, 5) is 24.3. The van der Waals surface area contributed by atoms with E-state index in [0.717, 1.165) is 36.9 Å². The Morgan fingerprint density at radius 3 is 2.57 bits per heavy atom. The second-order valence-corrected chi connectivity index (χ2v) is 7.47. The maximum Gasteiger partial charge on any atom is 0.309 e. The smallest absolute Gasteiger partial charge is 0.309 e. The summed E-state index contributed by atoms with van der Waals surface area (Å²) < 4.78 is 12.6. The molecule has 1 amide bonds. The van der Waals surface area contributed by atoms with Gasteiger partial charge in [-0.2, -0.15) is 5.26 Å². The Morgan fingerprint density at radius 1 is 1.20 bits per heavy atom. The van der Waals surface area contributed by atoms with Gasteiger partial charge in [0.15, 0.2) is 6.61 Å². The lowest BCUT2D eigenvalue weighted by Crippen LogP contribution is -2.24. The van der Waals surface area contributed by atoms with Crippen molar-refractivity contribution in [1.82, 2.24) is 4.57 Å². The Balaban J connectivity index is 1.55. The number of aromatic nitrogens is 1. The van der Waals surface area contributed by atoms with Gasteiger partial charge in [0, 0.05) is 11.7 Å². The zero-order valence-electron chi connectivity index (χ0n) is 17.4. The van der Waals surface area contributed by atoms with E-state index in [2.05, 4.69) is 16.0 Å². The van der Waals surface area contributed by atoms with E-state index in [0.29, 0.717) is 17.1 Å². The Kier molecular flexibility index (Phi) is 7.12. The van der Waals surface area contributed by atoms with Crippen molar-refractivity contribution in [2.24, 2.45) is 0 Å². The second-order valence-electron chi connectivity index (χ2n) is 7.47. The van der Waals surface area contributed by atoms with Crippen LogP contribution in [0.3, 0.4) is 0 Å². The second kappa shape index (κ2) is 9.97. The molecule has 1 fully saturated rings. The summed E-state index contributed by atoms with van der Waals surface area (Å²) in [6.07, 6.45) is 4.37. The van der Waals surface area contributed by atoms with Crippen molar-refractivity contribution in [3.8, 4) is 11.8 Å². The number of ether oxygens (including phenoxy) is 2. The van der Waals surface area contributed by atoms with E-state index < -0.39 is 18.5 Å². The highest BCUT2D eigenvalue weighted by Gasteiger charge is 2.26. The van der Waals surface area contributed by atoms with E-state index in [1.807, 2.05) is 32.0 Å². The van der Waals surface area contributed by atoms with Crippen LogP contribution in [-0.2, 0) is 14.3 Å². The van der Waals surface area contributed by atoms with Gasteiger partial charge in [0.1, 0.15) is 17.6 Å². The third-order valence-electron chi connectivity index (χ3n) is 5.50. The highest BCUT2D eigenvalue weighted by molar-refractivity contribution is 5.93. The fourth-order valence-electron chi connectivity index (χ4n) is 3.86. The Labute approximate surface area is 176 Å². The zero-order valence-corrected chi connectivity index (χ0v) is 17.4. The van der Waals surface area contributed by atoms with Gasteiger partial charge >= 0.3 is 5.97 Å². The highest BCUT2D eigenvalue weighted by atomic mass is 16.5. The molecule has 0 spiro atoms. The molecule has 1 saturated carbocycles. The summed E-state index contributed by atoms with van der Waals surface area (Å²) in [6, 6.07) is 11.6. The molecule has 1 aliphatic carbocycles. The van der Waals surface area contributed by atoms with Gasteiger partial charge in [-0.05, 0) is 44.4 Å². The van der Waals surface area contributed by atoms with Gasteiger partial charge in [0.2, 0.25) is 0 Å². The van der Waals surface area contributed by atoms with Crippen LogP contribution < -0.4 is 10.1 Å². The summed E-state index contributed by atoms with van der Waals surface area (Å²) in [5.74, 6) is 0.207. The van der Waals surface area contributed by atoms with E-state index in [9.17, 15) is 14.9 Å². The number of rotatable bonds is 8. The number of carbonyl (C=O) groups excluding carboxylic acids is 2. The molecule has 1 heterocycles. The molecule has 1 aromatic heterocycles. The van der Waals surface area contributed by atoms with Crippen LogP contribution in [0, 0.1) is 25.2 Å². The van der Waals surface area contributed by atoms with Crippen molar-refractivity contribution in [3.63, 3.8) is 0 Å². The van der Waals surface area contributed by atoms with Crippen molar-refractivity contribution < 1.29 is 19.1 Å². The summed E-state index contributed by atoms with van der Waals surface area (Å²) in [5, 5.41) is 12.4. The molecule has 7 nitrogen and oxygen atoms in total. The zero-order chi connectivity index (χ0) is 21.5. The standard InChI is InChI=1S/C23H27N3O4/c1-16-17(2)26(18-8-6-7-9-18)23(20(16)14-24)25-21(27)15-30-22(28)12-13-29-19-10-4-3-5-11-19/h3-5,10-11,18H,6-9,12-13,15H2,1-2H3,(H,25,27). The molecule has 0 unspecified atom stereocenters. The van der Waals surface area contributed by atoms with Crippen molar-refractivity contribution in [2.45, 2.75) is 52.0 Å². The average molecular weight is 409 g/mol. The number of nitrogens with one attached hydrogen (secondary N) is 1. The fraction of sp³-hybridized carbons (Fsp3) is 0.435. The van der Waals surface area contributed by atoms with Crippen molar-refractivity contribution in [2.75, 3.05) is 18.5 Å². The molecule has 30 heavy (non-hydrogen) atoms. The Bertz CT molecular complexity index is 938. The largest absolute Gasteiger partial charge is 0.493 e. The highest BCUT2D eigenvalue weighted by Crippen LogP contribution is 2.37. The van der Waals surface area contributed by atoms with Gasteiger partial charge in [-0.15, -0.1) is 0 Å². The molecular weight excluding hydrogens is 382 g/mol. The number of amides is 1. The van der Waals surface area contributed by atoms with Gasteiger partial charge in [-0.25, -0.2) is 0 Å². The minimum Gasteiger partial charge on any atom is -0.493 e. The molecule has 0 saturated heterocycles. The number of para-hydroxylation sites is 1. The van der Waals surface area contributed by atoms with Crippen LogP contribution >= 0.6 is 0 Å². The fourth-order valence-corrected chi connectivity index (χ4v) is 3.86. The van der Waals surface area contributed by atoms with Gasteiger partial charge in [0.05, 0.1) is 18.6 Å². The molecular formula is C23H27N3O4. The SMILES string of the molecule is Cc1c(C#N)c(NC(=O)COC(=O)CCOc2ccccc2)n(C2CCCC2)c1C. The number of hydrogen-bond donors (Lipinski definition) is 1. The molecule has 0 atom stereocenters. The van der Waals surface area contributed by atoms with Crippen molar-refractivity contribution in [1.29, 1.82) is 5.26 Å². The summed E-state index contributed by atoms with van der Waals surface area (Å²) >= 11 is 0. The van der Waals surface area contributed by atoms with Crippen LogP contribution in [0.25, 0.3) is 0 Å². The summed E-state index contributed by atoms with van der Waals surface area (Å²) in [7, 11) is 0. The third-order valence-corrected chi connectivity index (χ3v) is 5.50. The van der Waals surface area contributed by atoms with Crippen LogP contribution in [0.5, 0.6) is 5.75 Å². The lowest BCUT2D eigenvalue weighted by atomic mass is 10.2. The van der Waals surface area contributed by atoms with Crippen LogP contribution in [-0.4, -0.2) is 29.7 Å². The number of esters is 1. The van der Waals surface area contributed by atoms with E-state index >= 15 is 0 Å². The first kappa shape index (κ1) is 21.4. The van der Waals surface area contributed by atoms with E-state index in [4.69, 9.17) is 9.47 Å². The molecule has 0 radical (unpaired) electrons. The quantitative estimate of drug-likeness (QED) is 0.664. The molecule has 1 N–H and O–H groups in total. The third kappa shape index (κ3) is 5.01. The van der Waals surface area contributed by atoms with Gasteiger partial charge in [-0.3, -0.25) is 9.59 Å². The van der Waals surface area contributed by atoms with Crippen LogP contribution in [0.15, 0.2) is 30.3 Å². The minimum absolute atomic E-state index is 0.0439. The van der Waals surface area contributed by atoms with Gasteiger partial charge in [0.25, 0.3) is 5.91 Å². The topological polar surface area (TPSA) is 93.3 Å². The van der Waals surface area contributed by atoms with Crippen LogP contribution in [0.4, 0.5) is 5.82 Å². The number of nitriles is 1. The number of anilines is 1. The molecule has 2 aromatic rings. The summed E-state index contributed by atoms with van der Waals surface area (Å²) in [6.45, 7) is 3.63. The lowest BCUT2D eigenvalue weighted by Gasteiger charge is -2.19. The number of hydrogen-bond acceptors (Lipinski definition) is 5. The predicted molar refractivity (Wildman–Crippen MR) is 112 cm³/mol. The average Bonchev–Trinajstić information content (AvgIpc) is 3.34. The van der Waals surface area contributed by atoms with E-state index in [1.54, 1.807) is 12.1 Å². The number of nitrogens with zero attached hydrogens (tertiary/aromatic N) is 2. The normalized spacial score (nSPS) is 13.6. The first-order valence-electron chi connectivity index (χ1n) is 10.3. The maximum absolute atomic E-state index is 12.4. The Morgan fingerprint density at radius 2 is 1.90 bits per heavy atom. The van der Waals surface area contributed by atoms with Gasteiger partial charge in [-0.1, -0.05) is 31.0 Å². The van der Waals surface area contributed by atoms with Gasteiger partial charge < -0.3 is 19.4 Å². The molecule has 1 aliphatic rings. The lowest BCUT2D eigenvalue weighted by molar-refractivity contribution is -0.147. The molecule has 158 valence electrons. The number of carbonyl (C=O) groups is 2. The minimum atomic E-state index is -0.514. The molecule has 0 aliphatic heterocycles. The molecule has 1 aromatic carbocycles. The van der Waals surface area contributed by atoms with Crippen LogP contribution in [0.1, 0.15) is 55.0 Å². The maximum atomic E-state index is 12.4. The first-order valence-corrected chi connectivity index (χ1v) is 10.3. The monoisotopic (exact) mass is 409 g/mol. The molecule has 0 bridgehead atoms. The van der Waals surface area contributed by atoms with Crippen LogP contribution in [0.2, 0.25) is 0 Å². The van der Waals surface area contributed by atoms with Crippen molar-refractivity contribution >= 4 is 17.7 Å². The summed E-state index contributed by atoms with van der Waals surface area (Å²) in [5.41, 5.74) is 2.33. The molecule has 3 rings (SSSR count).